The number of hydrogen-bond donors (Lipinski definition) is 0. The summed E-state index contributed by atoms with van der Waals surface area (Å²) in [6, 6.07) is 15.7. The number of carbonyl (C=O) groups is 2. The lowest BCUT2D eigenvalue weighted by Gasteiger charge is -2.14. The van der Waals surface area contributed by atoms with Gasteiger partial charge < -0.3 is 9.47 Å². The first-order chi connectivity index (χ1) is 13.7. The van der Waals surface area contributed by atoms with Crippen molar-refractivity contribution in [3.8, 4) is 11.1 Å². The van der Waals surface area contributed by atoms with Gasteiger partial charge in [-0.2, -0.15) is 0 Å². The summed E-state index contributed by atoms with van der Waals surface area (Å²) in [5.74, 6) is -0.343. The molecule has 0 aliphatic heterocycles. The Kier molecular flexibility index (Phi) is 9.26. The minimum atomic E-state index is -0.171. The molecule has 0 aromatic heterocycles. The van der Waals surface area contributed by atoms with E-state index in [4.69, 9.17) is 9.47 Å². The Hall–Kier alpha value is -2.62. The molecule has 0 atom stereocenters. The number of hydrogen-bond acceptors (Lipinski definition) is 4. The summed E-state index contributed by atoms with van der Waals surface area (Å²) in [6.07, 6.45) is 4.51. The molecular weight excluding hydrogens is 352 g/mol. The van der Waals surface area contributed by atoms with Crippen LogP contribution in [0.5, 0.6) is 0 Å². The Morgan fingerprint density at radius 1 is 0.679 bits per heavy atom. The van der Waals surface area contributed by atoms with Crippen molar-refractivity contribution in [3.63, 3.8) is 0 Å². The Labute approximate surface area is 167 Å². The second kappa shape index (κ2) is 12.0. The van der Waals surface area contributed by atoms with E-state index in [1.807, 2.05) is 48.5 Å². The third kappa shape index (κ3) is 6.84. The zero-order chi connectivity index (χ0) is 20.2. The molecule has 0 aliphatic carbocycles. The second-order valence-electron chi connectivity index (χ2n) is 6.84. The average Bonchev–Trinajstić information content (AvgIpc) is 2.73. The standard InChI is InChI=1S/C24H30O4/c1-3-5-15-23(25)27-17-19-11-7-9-13-21(19)22-14-10-8-12-20(22)18-28-24(26)16-6-4-2/h7-14H,3-6,15-18H2,1-2H3. The summed E-state index contributed by atoms with van der Waals surface area (Å²) < 4.78 is 10.9. The molecule has 2 aromatic carbocycles. The van der Waals surface area contributed by atoms with Crippen molar-refractivity contribution in [2.45, 2.75) is 65.6 Å². The number of rotatable bonds is 11. The molecule has 0 amide bonds. The summed E-state index contributed by atoms with van der Waals surface area (Å²) in [4.78, 5) is 23.7. The number of unbranched alkanes of at least 4 members (excludes halogenated alkanes) is 2. The van der Waals surface area contributed by atoms with Gasteiger partial charge in [0.2, 0.25) is 0 Å². The number of esters is 2. The molecule has 150 valence electrons. The van der Waals surface area contributed by atoms with Gasteiger partial charge in [-0.15, -0.1) is 0 Å². The molecule has 0 saturated carbocycles. The van der Waals surface area contributed by atoms with Crippen LogP contribution in [0.15, 0.2) is 48.5 Å². The molecular formula is C24H30O4. The monoisotopic (exact) mass is 382 g/mol. The Morgan fingerprint density at radius 2 is 1.07 bits per heavy atom. The van der Waals surface area contributed by atoms with Crippen LogP contribution in [0.1, 0.15) is 63.5 Å². The Bertz CT molecular complexity index is 701. The zero-order valence-corrected chi connectivity index (χ0v) is 16.9. The second-order valence-corrected chi connectivity index (χ2v) is 6.84. The summed E-state index contributed by atoms with van der Waals surface area (Å²) in [7, 11) is 0. The van der Waals surface area contributed by atoms with E-state index in [1.54, 1.807) is 0 Å². The third-order valence-corrected chi connectivity index (χ3v) is 4.57. The molecule has 0 heterocycles. The lowest BCUT2D eigenvalue weighted by atomic mass is 9.96. The van der Waals surface area contributed by atoms with E-state index in [0.29, 0.717) is 12.8 Å². The van der Waals surface area contributed by atoms with Crippen molar-refractivity contribution in [2.75, 3.05) is 0 Å². The topological polar surface area (TPSA) is 52.6 Å². The van der Waals surface area contributed by atoms with E-state index in [1.165, 1.54) is 0 Å². The summed E-state index contributed by atoms with van der Waals surface area (Å²) in [5, 5.41) is 0. The van der Waals surface area contributed by atoms with Crippen molar-refractivity contribution in [1.29, 1.82) is 0 Å². The van der Waals surface area contributed by atoms with Crippen molar-refractivity contribution >= 4 is 11.9 Å². The van der Waals surface area contributed by atoms with Gasteiger partial charge in [-0.25, -0.2) is 0 Å². The summed E-state index contributed by atoms with van der Waals surface area (Å²) >= 11 is 0. The molecule has 0 bridgehead atoms. The molecule has 0 radical (unpaired) electrons. The van der Waals surface area contributed by atoms with Crippen LogP contribution in [0.3, 0.4) is 0 Å². The quantitative estimate of drug-likeness (QED) is 0.460. The summed E-state index contributed by atoms with van der Waals surface area (Å²) in [6.45, 7) is 4.58. The lowest BCUT2D eigenvalue weighted by Crippen LogP contribution is -2.06. The van der Waals surface area contributed by atoms with Gasteiger partial charge in [0.15, 0.2) is 0 Å². The van der Waals surface area contributed by atoms with Gasteiger partial charge in [-0.3, -0.25) is 9.59 Å². The van der Waals surface area contributed by atoms with Crippen LogP contribution >= 0.6 is 0 Å². The van der Waals surface area contributed by atoms with Crippen LogP contribution in [0, 0.1) is 0 Å². The molecule has 0 fully saturated rings. The van der Waals surface area contributed by atoms with Crippen molar-refractivity contribution in [1.82, 2.24) is 0 Å². The van der Waals surface area contributed by atoms with Crippen LogP contribution < -0.4 is 0 Å². The van der Waals surface area contributed by atoms with Crippen molar-refractivity contribution in [3.05, 3.63) is 59.7 Å². The fourth-order valence-corrected chi connectivity index (χ4v) is 2.92. The van der Waals surface area contributed by atoms with E-state index in [2.05, 4.69) is 13.8 Å². The molecule has 0 saturated heterocycles. The molecule has 0 N–H and O–H groups in total. The van der Waals surface area contributed by atoms with Crippen LogP contribution in [0.4, 0.5) is 0 Å². The van der Waals surface area contributed by atoms with Crippen LogP contribution in [0.25, 0.3) is 11.1 Å². The SMILES string of the molecule is CCCCC(=O)OCc1ccccc1-c1ccccc1COC(=O)CCCC. The predicted molar refractivity (Wildman–Crippen MR) is 111 cm³/mol. The van der Waals surface area contributed by atoms with E-state index in [0.717, 1.165) is 47.9 Å². The molecule has 0 aliphatic rings. The molecule has 2 rings (SSSR count). The molecule has 2 aromatic rings. The molecule has 4 heteroatoms. The van der Waals surface area contributed by atoms with E-state index < -0.39 is 0 Å². The van der Waals surface area contributed by atoms with Crippen molar-refractivity contribution < 1.29 is 19.1 Å². The minimum Gasteiger partial charge on any atom is -0.461 e. The predicted octanol–water partition coefficient (Wildman–Crippen LogP) is 5.82. The molecule has 4 nitrogen and oxygen atoms in total. The summed E-state index contributed by atoms with van der Waals surface area (Å²) in [5.41, 5.74) is 3.87. The third-order valence-electron chi connectivity index (χ3n) is 4.57. The average molecular weight is 383 g/mol. The van der Waals surface area contributed by atoms with Gasteiger partial charge in [-0.05, 0) is 35.1 Å². The van der Waals surface area contributed by atoms with Crippen LogP contribution in [0.2, 0.25) is 0 Å². The van der Waals surface area contributed by atoms with Gasteiger partial charge in [0.05, 0.1) is 0 Å². The van der Waals surface area contributed by atoms with Crippen LogP contribution in [-0.4, -0.2) is 11.9 Å². The first-order valence-corrected chi connectivity index (χ1v) is 10.1. The Balaban J connectivity index is 2.12. The number of benzene rings is 2. The number of carbonyl (C=O) groups excluding carboxylic acids is 2. The van der Waals surface area contributed by atoms with Gasteiger partial charge in [0, 0.05) is 12.8 Å². The fraction of sp³-hybridized carbons (Fsp3) is 0.417. The zero-order valence-electron chi connectivity index (χ0n) is 16.9. The first kappa shape index (κ1) is 21.7. The van der Waals surface area contributed by atoms with Gasteiger partial charge in [0.25, 0.3) is 0 Å². The fourth-order valence-electron chi connectivity index (χ4n) is 2.92. The smallest absolute Gasteiger partial charge is 0.306 e. The maximum Gasteiger partial charge on any atom is 0.306 e. The molecule has 28 heavy (non-hydrogen) atoms. The van der Waals surface area contributed by atoms with Gasteiger partial charge in [0.1, 0.15) is 13.2 Å². The highest BCUT2D eigenvalue weighted by molar-refractivity contribution is 5.73. The van der Waals surface area contributed by atoms with E-state index in [9.17, 15) is 9.59 Å². The minimum absolute atomic E-state index is 0.171. The largest absolute Gasteiger partial charge is 0.461 e. The Morgan fingerprint density at radius 3 is 1.46 bits per heavy atom. The highest BCUT2D eigenvalue weighted by Crippen LogP contribution is 2.28. The highest BCUT2D eigenvalue weighted by atomic mass is 16.5. The first-order valence-electron chi connectivity index (χ1n) is 10.1. The van der Waals surface area contributed by atoms with E-state index in [-0.39, 0.29) is 25.2 Å². The maximum absolute atomic E-state index is 11.9. The molecule has 0 unspecified atom stereocenters. The van der Waals surface area contributed by atoms with Gasteiger partial charge >= 0.3 is 11.9 Å². The highest BCUT2D eigenvalue weighted by Gasteiger charge is 2.12. The maximum atomic E-state index is 11.9. The van der Waals surface area contributed by atoms with E-state index >= 15 is 0 Å². The number of ether oxygens (including phenoxy) is 2. The van der Waals surface area contributed by atoms with Crippen LogP contribution in [-0.2, 0) is 32.3 Å². The van der Waals surface area contributed by atoms with Gasteiger partial charge in [-0.1, -0.05) is 75.2 Å². The lowest BCUT2D eigenvalue weighted by molar-refractivity contribution is -0.146. The normalized spacial score (nSPS) is 10.5. The molecule has 0 spiro atoms. The van der Waals surface area contributed by atoms with Crippen molar-refractivity contribution in [2.24, 2.45) is 0 Å².